The zero-order valence-electron chi connectivity index (χ0n) is 15.6. The minimum Gasteiger partial charge on any atom is -0.459 e. The molecule has 0 aliphatic heterocycles. The van der Waals surface area contributed by atoms with Crippen LogP contribution in [0.1, 0.15) is 34.6 Å². The van der Waals surface area contributed by atoms with Gasteiger partial charge in [0.2, 0.25) is 0 Å². The maximum Gasteiger partial charge on any atom is 0.287 e. The fraction of sp³-hybridized carbons (Fsp3) is 0.190. The van der Waals surface area contributed by atoms with Crippen LogP contribution in [-0.2, 0) is 15.6 Å². The molecule has 146 valence electrons. The molecule has 3 aromatic rings. The van der Waals surface area contributed by atoms with E-state index in [-0.39, 0.29) is 16.8 Å². The Morgan fingerprint density at radius 1 is 1.07 bits per heavy atom. The lowest BCUT2D eigenvalue weighted by Crippen LogP contribution is -2.27. The second kappa shape index (κ2) is 8.67. The first-order chi connectivity index (χ1) is 13.3. The number of hydrogen-bond acceptors (Lipinski definition) is 5. The van der Waals surface area contributed by atoms with Crippen molar-refractivity contribution >= 4 is 27.5 Å². The van der Waals surface area contributed by atoms with Crippen LogP contribution in [0.5, 0.6) is 0 Å². The third-order valence-electron chi connectivity index (χ3n) is 4.25. The van der Waals surface area contributed by atoms with E-state index in [1.165, 1.54) is 12.5 Å². The summed E-state index contributed by atoms with van der Waals surface area (Å²) in [4.78, 5) is 14.0. The summed E-state index contributed by atoms with van der Waals surface area (Å²) < 4.78 is 28.5. The van der Waals surface area contributed by atoms with Gasteiger partial charge in [-0.25, -0.2) is 8.42 Å². The second-order valence-corrected chi connectivity index (χ2v) is 9.48. The Kier molecular flexibility index (Phi) is 6.26. The van der Waals surface area contributed by atoms with E-state index < -0.39 is 9.84 Å². The van der Waals surface area contributed by atoms with Crippen LogP contribution in [0.2, 0.25) is 0 Å². The van der Waals surface area contributed by atoms with Crippen LogP contribution in [0.4, 0.5) is 0 Å². The topological polar surface area (TPSA) is 76.4 Å². The van der Waals surface area contributed by atoms with Gasteiger partial charge in [-0.3, -0.25) is 4.79 Å². The monoisotopic (exact) mass is 415 g/mol. The van der Waals surface area contributed by atoms with Gasteiger partial charge >= 0.3 is 0 Å². The highest BCUT2D eigenvalue weighted by Gasteiger charge is 2.18. The Hall–Kier alpha value is -2.51. The smallest absolute Gasteiger partial charge is 0.287 e. The van der Waals surface area contributed by atoms with Crippen molar-refractivity contribution in [2.75, 3.05) is 6.26 Å². The van der Waals surface area contributed by atoms with Crippen LogP contribution < -0.4 is 5.32 Å². The van der Waals surface area contributed by atoms with Crippen molar-refractivity contribution in [3.8, 4) is 0 Å². The maximum absolute atomic E-state index is 12.6. The molecule has 1 heterocycles. The Labute approximate surface area is 169 Å². The van der Waals surface area contributed by atoms with Gasteiger partial charge < -0.3 is 9.73 Å². The molecule has 2 aromatic carbocycles. The highest BCUT2D eigenvalue weighted by Crippen LogP contribution is 2.25. The number of carbonyl (C=O) groups is 1. The van der Waals surface area contributed by atoms with E-state index in [0.717, 1.165) is 16.0 Å². The molecule has 5 nitrogen and oxygen atoms in total. The molecular weight excluding hydrogens is 394 g/mol. The van der Waals surface area contributed by atoms with E-state index in [1.807, 2.05) is 37.3 Å². The normalized spacial score (nSPS) is 12.5. The van der Waals surface area contributed by atoms with Crippen molar-refractivity contribution in [3.63, 3.8) is 0 Å². The van der Waals surface area contributed by atoms with Gasteiger partial charge in [0.15, 0.2) is 15.6 Å². The number of carbonyl (C=O) groups excluding carboxylic acids is 1. The number of benzene rings is 2. The van der Waals surface area contributed by atoms with Gasteiger partial charge in [-0.2, -0.15) is 0 Å². The summed E-state index contributed by atoms with van der Waals surface area (Å²) in [6.07, 6.45) is 2.68. The van der Waals surface area contributed by atoms with Gasteiger partial charge in [0.25, 0.3) is 5.91 Å². The van der Waals surface area contributed by atoms with Gasteiger partial charge in [-0.05, 0) is 42.8 Å². The minimum absolute atomic E-state index is 0.251. The molecule has 1 aromatic heterocycles. The SMILES string of the molecule is CC(NC(=O)c1occc1CSc1ccccc1)c1ccc(S(C)(=O)=O)cc1. The third kappa shape index (κ3) is 5.05. The molecule has 0 saturated carbocycles. The van der Waals surface area contributed by atoms with Gasteiger partial charge in [0.1, 0.15) is 0 Å². The summed E-state index contributed by atoms with van der Waals surface area (Å²) in [5.41, 5.74) is 1.64. The van der Waals surface area contributed by atoms with Gasteiger partial charge in [0.05, 0.1) is 17.2 Å². The fourth-order valence-electron chi connectivity index (χ4n) is 2.68. The van der Waals surface area contributed by atoms with E-state index in [0.29, 0.717) is 11.5 Å². The maximum atomic E-state index is 12.6. The van der Waals surface area contributed by atoms with Crippen molar-refractivity contribution in [3.05, 3.63) is 83.8 Å². The van der Waals surface area contributed by atoms with Crippen LogP contribution in [0.15, 0.2) is 81.1 Å². The quantitative estimate of drug-likeness (QED) is 0.576. The third-order valence-corrected chi connectivity index (χ3v) is 6.44. The van der Waals surface area contributed by atoms with Crippen LogP contribution in [0.3, 0.4) is 0 Å². The minimum atomic E-state index is -3.24. The summed E-state index contributed by atoms with van der Waals surface area (Å²) in [7, 11) is -3.24. The van der Waals surface area contributed by atoms with Gasteiger partial charge in [-0.1, -0.05) is 30.3 Å². The molecule has 1 unspecified atom stereocenters. The van der Waals surface area contributed by atoms with Gasteiger partial charge in [0, 0.05) is 22.5 Å². The summed E-state index contributed by atoms with van der Waals surface area (Å²) >= 11 is 1.63. The molecule has 0 fully saturated rings. The zero-order valence-corrected chi connectivity index (χ0v) is 17.2. The molecule has 28 heavy (non-hydrogen) atoms. The first-order valence-corrected chi connectivity index (χ1v) is 11.6. The van der Waals surface area contributed by atoms with Crippen molar-refractivity contribution in [2.24, 2.45) is 0 Å². The zero-order chi connectivity index (χ0) is 20.1. The molecule has 0 aliphatic rings. The van der Waals surface area contributed by atoms with Crippen molar-refractivity contribution < 1.29 is 17.6 Å². The number of thioether (sulfide) groups is 1. The van der Waals surface area contributed by atoms with Crippen LogP contribution in [0, 0.1) is 0 Å². The first-order valence-electron chi connectivity index (χ1n) is 8.69. The lowest BCUT2D eigenvalue weighted by molar-refractivity contribution is 0.0911. The van der Waals surface area contributed by atoms with E-state index in [1.54, 1.807) is 42.1 Å². The van der Waals surface area contributed by atoms with Crippen LogP contribution in [0.25, 0.3) is 0 Å². The standard InChI is InChI=1S/C21H21NO4S2/c1-15(16-8-10-19(11-9-16)28(2,24)25)22-21(23)20-17(12-13-26-20)14-27-18-6-4-3-5-7-18/h3-13,15H,14H2,1-2H3,(H,22,23). The molecule has 7 heteroatoms. The van der Waals surface area contributed by atoms with Crippen molar-refractivity contribution in [1.29, 1.82) is 0 Å². The fourth-order valence-corrected chi connectivity index (χ4v) is 4.21. The lowest BCUT2D eigenvalue weighted by atomic mass is 10.1. The predicted molar refractivity (Wildman–Crippen MR) is 110 cm³/mol. The molecule has 1 atom stereocenters. The van der Waals surface area contributed by atoms with Crippen molar-refractivity contribution in [2.45, 2.75) is 28.5 Å². The molecule has 0 radical (unpaired) electrons. The lowest BCUT2D eigenvalue weighted by Gasteiger charge is -2.14. The Morgan fingerprint density at radius 3 is 2.39 bits per heavy atom. The van der Waals surface area contributed by atoms with Gasteiger partial charge in [-0.15, -0.1) is 11.8 Å². The highest BCUT2D eigenvalue weighted by atomic mass is 32.2. The summed E-state index contributed by atoms with van der Waals surface area (Å²) in [5.74, 6) is 0.622. The molecule has 0 aliphatic carbocycles. The number of furan rings is 1. The first kappa shape index (κ1) is 20.2. The average molecular weight is 416 g/mol. The molecule has 3 rings (SSSR count). The largest absolute Gasteiger partial charge is 0.459 e. The highest BCUT2D eigenvalue weighted by molar-refractivity contribution is 7.98. The molecule has 1 amide bonds. The molecule has 1 N–H and O–H groups in total. The van der Waals surface area contributed by atoms with Crippen LogP contribution >= 0.6 is 11.8 Å². The molecule has 0 spiro atoms. The van der Waals surface area contributed by atoms with Crippen molar-refractivity contribution in [1.82, 2.24) is 5.32 Å². The number of amides is 1. The molecule has 0 saturated heterocycles. The molecule has 0 bridgehead atoms. The number of hydrogen-bond donors (Lipinski definition) is 1. The summed E-state index contributed by atoms with van der Waals surface area (Å²) in [6.45, 7) is 1.84. The number of nitrogens with one attached hydrogen (secondary N) is 1. The average Bonchev–Trinajstić information content (AvgIpc) is 3.15. The molecular formula is C21H21NO4S2. The Balaban J connectivity index is 1.65. The summed E-state index contributed by atoms with van der Waals surface area (Å²) in [5, 5.41) is 2.90. The van der Waals surface area contributed by atoms with E-state index >= 15 is 0 Å². The Bertz CT molecular complexity index is 1040. The van der Waals surface area contributed by atoms with E-state index in [2.05, 4.69) is 5.32 Å². The van der Waals surface area contributed by atoms with E-state index in [4.69, 9.17) is 4.42 Å². The van der Waals surface area contributed by atoms with Crippen LogP contribution in [-0.4, -0.2) is 20.6 Å². The number of rotatable bonds is 7. The Morgan fingerprint density at radius 2 is 1.75 bits per heavy atom. The van der Waals surface area contributed by atoms with E-state index in [9.17, 15) is 13.2 Å². The number of sulfone groups is 1. The predicted octanol–water partition coefficient (Wildman–Crippen LogP) is 4.47. The second-order valence-electron chi connectivity index (χ2n) is 6.41. The summed E-state index contributed by atoms with van der Waals surface area (Å²) in [6, 6.07) is 18.0.